The molecule has 0 saturated heterocycles. The Balaban J connectivity index is 2.43. The number of hydrogen-bond acceptors (Lipinski definition) is 3. The Hall–Kier alpha value is -0.200. The third-order valence-corrected chi connectivity index (χ3v) is 4.08. The van der Waals surface area contributed by atoms with E-state index in [0.29, 0.717) is 11.4 Å². The van der Waals surface area contributed by atoms with Gasteiger partial charge >= 0.3 is 0 Å². The molecule has 0 heterocycles. The summed E-state index contributed by atoms with van der Waals surface area (Å²) in [5, 5.41) is -0.179. The molecule has 1 fully saturated rings. The van der Waals surface area contributed by atoms with E-state index in [1.165, 1.54) is 0 Å². The predicted molar refractivity (Wildman–Crippen MR) is 55.9 cm³/mol. The lowest BCUT2D eigenvalue weighted by Gasteiger charge is -2.12. The third kappa shape index (κ3) is 3.58. The molecule has 0 amide bonds. The van der Waals surface area contributed by atoms with Crippen LogP contribution < -0.4 is 10.5 Å². The summed E-state index contributed by atoms with van der Waals surface area (Å²) < 4.78 is 25.3. The molecule has 0 spiro atoms. The summed E-state index contributed by atoms with van der Waals surface area (Å²) in [7, 11) is -3.10. The van der Waals surface area contributed by atoms with Crippen molar-refractivity contribution in [2.75, 3.05) is 0 Å². The van der Waals surface area contributed by atoms with Crippen LogP contribution >= 0.6 is 12.2 Å². The molecule has 13 heavy (non-hydrogen) atoms. The quantitative estimate of drug-likeness (QED) is 0.649. The second-order valence-corrected chi connectivity index (χ2v) is 5.95. The number of thiocarbonyl (C=S) groups is 1. The second kappa shape index (κ2) is 3.89. The number of sulfonamides is 1. The van der Waals surface area contributed by atoms with Crippen molar-refractivity contribution in [2.24, 2.45) is 5.73 Å². The monoisotopic (exact) mass is 222 g/mol. The highest BCUT2D eigenvalue weighted by molar-refractivity contribution is 7.90. The van der Waals surface area contributed by atoms with Gasteiger partial charge < -0.3 is 5.73 Å². The molecule has 0 aromatic heterocycles. The summed E-state index contributed by atoms with van der Waals surface area (Å²) in [4.78, 5) is 0.339. The van der Waals surface area contributed by atoms with E-state index >= 15 is 0 Å². The van der Waals surface area contributed by atoms with Gasteiger partial charge in [-0.15, -0.1) is 0 Å². The molecular formula is C7H14N2O2S2. The lowest BCUT2D eigenvalue weighted by Crippen LogP contribution is -2.37. The predicted octanol–water partition coefficient (Wildman–Crippen LogP) is 0.133. The Morgan fingerprint density at radius 1 is 1.69 bits per heavy atom. The van der Waals surface area contributed by atoms with Gasteiger partial charge in [-0.05, 0) is 19.8 Å². The van der Waals surface area contributed by atoms with E-state index in [4.69, 9.17) is 5.73 Å². The van der Waals surface area contributed by atoms with Crippen LogP contribution in [0.1, 0.15) is 26.2 Å². The van der Waals surface area contributed by atoms with E-state index < -0.39 is 10.0 Å². The second-order valence-electron chi connectivity index (χ2n) is 3.43. The number of nitrogens with two attached hydrogens (primary N) is 1. The molecule has 1 rings (SSSR count). The average Bonchev–Trinajstić information content (AvgIpc) is 2.60. The zero-order valence-electron chi connectivity index (χ0n) is 7.49. The van der Waals surface area contributed by atoms with Gasteiger partial charge in [-0.3, -0.25) is 0 Å². The molecule has 3 N–H and O–H groups in total. The molecule has 1 unspecified atom stereocenters. The highest BCUT2D eigenvalue weighted by Crippen LogP contribution is 2.27. The Bertz CT molecular complexity index is 296. The Morgan fingerprint density at radius 3 is 2.62 bits per heavy atom. The van der Waals surface area contributed by atoms with Crippen LogP contribution in [0, 0.1) is 0 Å². The van der Waals surface area contributed by atoms with Crippen molar-refractivity contribution < 1.29 is 8.42 Å². The van der Waals surface area contributed by atoms with Gasteiger partial charge in [0.15, 0.2) is 0 Å². The fraction of sp³-hybridized carbons (Fsp3) is 0.857. The maximum atomic E-state index is 11.4. The summed E-state index contributed by atoms with van der Waals surface area (Å²) in [5.74, 6) is 0. The summed E-state index contributed by atoms with van der Waals surface area (Å²) >= 11 is 4.69. The maximum Gasteiger partial charge on any atom is 0.214 e. The minimum atomic E-state index is -3.10. The molecule has 0 aliphatic heterocycles. The van der Waals surface area contributed by atoms with Crippen molar-refractivity contribution >= 4 is 27.2 Å². The minimum Gasteiger partial charge on any atom is -0.393 e. The van der Waals surface area contributed by atoms with Gasteiger partial charge in [-0.2, -0.15) is 0 Å². The summed E-state index contributed by atoms with van der Waals surface area (Å²) in [5.41, 5.74) is 5.30. The van der Waals surface area contributed by atoms with Gasteiger partial charge in [-0.1, -0.05) is 12.2 Å². The van der Waals surface area contributed by atoms with Gasteiger partial charge in [0, 0.05) is 12.5 Å². The molecule has 0 radical (unpaired) electrons. The van der Waals surface area contributed by atoms with E-state index in [1.807, 2.05) is 0 Å². The van der Waals surface area contributed by atoms with E-state index in [-0.39, 0.29) is 11.3 Å². The van der Waals surface area contributed by atoms with Gasteiger partial charge in [0.2, 0.25) is 10.0 Å². The SMILES string of the molecule is CC(CC(N)=S)NS(=O)(=O)C1CC1. The van der Waals surface area contributed by atoms with Crippen molar-refractivity contribution in [3.63, 3.8) is 0 Å². The molecule has 0 bridgehead atoms. The molecule has 1 atom stereocenters. The van der Waals surface area contributed by atoms with Crippen LogP contribution in [0.4, 0.5) is 0 Å². The third-order valence-electron chi connectivity index (χ3n) is 1.84. The highest BCUT2D eigenvalue weighted by Gasteiger charge is 2.36. The molecule has 0 aromatic rings. The normalized spacial score (nSPS) is 19.8. The largest absolute Gasteiger partial charge is 0.393 e. The molecule has 6 heteroatoms. The van der Waals surface area contributed by atoms with E-state index in [2.05, 4.69) is 16.9 Å². The zero-order valence-corrected chi connectivity index (χ0v) is 9.12. The highest BCUT2D eigenvalue weighted by atomic mass is 32.2. The van der Waals surface area contributed by atoms with Crippen LogP contribution in [0.15, 0.2) is 0 Å². The first-order valence-corrected chi connectivity index (χ1v) is 6.16. The van der Waals surface area contributed by atoms with Gasteiger partial charge in [0.1, 0.15) is 0 Å². The van der Waals surface area contributed by atoms with Gasteiger partial charge in [0.25, 0.3) is 0 Å². The maximum absolute atomic E-state index is 11.4. The molecule has 0 aromatic carbocycles. The van der Waals surface area contributed by atoms with Crippen molar-refractivity contribution in [3.05, 3.63) is 0 Å². The van der Waals surface area contributed by atoms with Crippen LogP contribution in [0.5, 0.6) is 0 Å². The summed E-state index contributed by atoms with van der Waals surface area (Å²) in [6.07, 6.45) is 1.96. The fourth-order valence-corrected chi connectivity index (χ4v) is 2.94. The smallest absolute Gasteiger partial charge is 0.214 e. The average molecular weight is 222 g/mol. The topological polar surface area (TPSA) is 72.2 Å². The molecule has 4 nitrogen and oxygen atoms in total. The summed E-state index contributed by atoms with van der Waals surface area (Å²) in [6.45, 7) is 1.76. The van der Waals surface area contributed by atoms with Crippen molar-refractivity contribution in [1.29, 1.82) is 0 Å². The molecular weight excluding hydrogens is 208 g/mol. The number of hydrogen-bond donors (Lipinski definition) is 2. The van der Waals surface area contributed by atoms with Crippen molar-refractivity contribution in [3.8, 4) is 0 Å². The minimum absolute atomic E-state index is 0.179. The van der Waals surface area contributed by atoms with E-state index in [1.54, 1.807) is 6.92 Å². The molecule has 1 aliphatic carbocycles. The van der Waals surface area contributed by atoms with Gasteiger partial charge in [-0.25, -0.2) is 13.1 Å². The van der Waals surface area contributed by atoms with Crippen LogP contribution in [-0.2, 0) is 10.0 Å². The van der Waals surface area contributed by atoms with Crippen LogP contribution in [-0.4, -0.2) is 24.7 Å². The van der Waals surface area contributed by atoms with Crippen molar-refractivity contribution in [1.82, 2.24) is 4.72 Å². The lowest BCUT2D eigenvalue weighted by molar-refractivity contribution is 0.563. The molecule has 1 saturated carbocycles. The van der Waals surface area contributed by atoms with Crippen LogP contribution in [0.2, 0.25) is 0 Å². The molecule has 1 aliphatic rings. The number of rotatable bonds is 5. The first-order chi connectivity index (χ1) is 5.92. The summed E-state index contributed by atoms with van der Waals surface area (Å²) in [6, 6.07) is -0.192. The Kier molecular flexibility index (Phi) is 3.26. The van der Waals surface area contributed by atoms with Crippen LogP contribution in [0.25, 0.3) is 0 Å². The van der Waals surface area contributed by atoms with E-state index in [9.17, 15) is 8.42 Å². The molecule has 76 valence electrons. The zero-order chi connectivity index (χ0) is 10.1. The lowest BCUT2D eigenvalue weighted by atomic mass is 10.3. The van der Waals surface area contributed by atoms with Crippen molar-refractivity contribution in [2.45, 2.75) is 37.5 Å². The Morgan fingerprint density at radius 2 is 2.23 bits per heavy atom. The first kappa shape index (κ1) is 10.9. The standard InChI is InChI=1S/C7H14N2O2S2/c1-5(4-7(8)12)9-13(10,11)6-2-3-6/h5-6,9H,2-4H2,1H3,(H2,8,12). The number of nitrogens with one attached hydrogen (secondary N) is 1. The first-order valence-electron chi connectivity index (χ1n) is 4.21. The van der Waals surface area contributed by atoms with Crippen LogP contribution in [0.3, 0.4) is 0 Å². The van der Waals surface area contributed by atoms with Gasteiger partial charge in [0.05, 0.1) is 10.2 Å². The fourth-order valence-electron chi connectivity index (χ4n) is 1.10. The van der Waals surface area contributed by atoms with E-state index in [0.717, 1.165) is 12.8 Å². The Labute approximate surface area is 83.9 Å².